The van der Waals surface area contributed by atoms with Crippen LogP contribution in [-0.2, 0) is 0 Å². The summed E-state index contributed by atoms with van der Waals surface area (Å²) in [5.74, 6) is 4.20. The van der Waals surface area contributed by atoms with Crippen molar-refractivity contribution in [3.05, 3.63) is 0 Å². The SMILES string of the molecule is CCCC1C(CCC)C1(C)C(C)C1CCC1. The average molecular weight is 222 g/mol. The van der Waals surface area contributed by atoms with Crippen molar-refractivity contribution in [2.75, 3.05) is 0 Å². The molecule has 0 saturated heterocycles. The summed E-state index contributed by atoms with van der Waals surface area (Å²) in [4.78, 5) is 0. The second kappa shape index (κ2) is 4.70. The lowest BCUT2D eigenvalue weighted by atomic mass is 9.69. The van der Waals surface area contributed by atoms with Gasteiger partial charge < -0.3 is 0 Å². The zero-order valence-corrected chi connectivity index (χ0v) is 11.8. The Labute approximate surface area is 102 Å². The van der Waals surface area contributed by atoms with Gasteiger partial charge in [-0.1, -0.05) is 59.8 Å². The maximum absolute atomic E-state index is 2.61. The normalized spacial score (nSPS) is 40.5. The van der Waals surface area contributed by atoms with E-state index in [9.17, 15) is 0 Å². The Hall–Kier alpha value is 0. The molecule has 94 valence electrons. The summed E-state index contributed by atoms with van der Waals surface area (Å²) in [5, 5.41) is 0. The molecule has 2 fully saturated rings. The molecule has 2 saturated carbocycles. The Bertz CT molecular complexity index is 214. The summed E-state index contributed by atoms with van der Waals surface area (Å²) in [6.45, 7) is 9.88. The van der Waals surface area contributed by atoms with E-state index in [-0.39, 0.29) is 0 Å². The largest absolute Gasteiger partial charge is 0.0654 e. The van der Waals surface area contributed by atoms with E-state index in [1.54, 1.807) is 0 Å². The fraction of sp³-hybridized carbons (Fsp3) is 1.00. The van der Waals surface area contributed by atoms with Gasteiger partial charge in [-0.25, -0.2) is 0 Å². The summed E-state index contributed by atoms with van der Waals surface area (Å²) in [6, 6.07) is 0. The average Bonchev–Trinajstić information content (AvgIpc) is 2.72. The van der Waals surface area contributed by atoms with Gasteiger partial charge in [-0.15, -0.1) is 0 Å². The van der Waals surface area contributed by atoms with E-state index in [1.165, 1.54) is 44.9 Å². The molecule has 0 spiro atoms. The number of hydrogen-bond acceptors (Lipinski definition) is 0. The molecule has 16 heavy (non-hydrogen) atoms. The quantitative estimate of drug-likeness (QED) is 0.574. The van der Waals surface area contributed by atoms with E-state index in [0.29, 0.717) is 0 Å². The van der Waals surface area contributed by atoms with Gasteiger partial charge in [0.25, 0.3) is 0 Å². The van der Waals surface area contributed by atoms with Crippen LogP contribution in [-0.4, -0.2) is 0 Å². The van der Waals surface area contributed by atoms with Crippen molar-refractivity contribution >= 4 is 0 Å². The minimum Gasteiger partial charge on any atom is -0.0654 e. The standard InChI is InChI=1S/C16H30/c1-5-8-14-15(9-6-2)16(14,4)12(3)13-10-7-11-13/h12-15H,5-11H2,1-4H3. The second-order valence-corrected chi connectivity index (χ2v) is 6.64. The summed E-state index contributed by atoms with van der Waals surface area (Å²) in [5.41, 5.74) is 0.719. The van der Waals surface area contributed by atoms with Gasteiger partial charge in [-0.3, -0.25) is 0 Å². The zero-order valence-electron chi connectivity index (χ0n) is 11.8. The van der Waals surface area contributed by atoms with Crippen molar-refractivity contribution in [1.29, 1.82) is 0 Å². The van der Waals surface area contributed by atoms with Gasteiger partial charge in [0.05, 0.1) is 0 Å². The summed E-state index contributed by atoms with van der Waals surface area (Å²) in [6.07, 6.45) is 10.3. The van der Waals surface area contributed by atoms with Gasteiger partial charge in [0, 0.05) is 0 Å². The Kier molecular flexibility index (Phi) is 3.66. The highest BCUT2D eigenvalue weighted by atomic mass is 14.7. The lowest BCUT2D eigenvalue weighted by Crippen LogP contribution is -2.27. The molecule has 2 aliphatic rings. The smallest absolute Gasteiger partial charge is 0.0235 e. The molecule has 2 aliphatic carbocycles. The maximum atomic E-state index is 2.61. The highest BCUT2D eigenvalue weighted by Gasteiger charge is 2.62. The fourth-order valence-electron chi connectivity index (χ4n) is 4.49. The molecule has 3 unspecified atom stereocenters. The Morgan fingerprint density at radius 2 is 1.56 bits per heavy atom. The van der Waals surface area contributed by atoms with Crippen molar-refractivity contribution in [3.63, 3.8) is 0 Å². The van der Waals surface area contributed by atoms with Crippen LogP contribution in [0.5, 0.6) is 0 Å². The van der Waals surface area contributed by atoms with Crippen LogP contribution in [0.2, 0.25) is 0 Å². The third kappa shape index (κ3) is 1.83. The third-order valence-electron chi connectivity index (χ3n) is 6.01. The first kappa shape index (κ1) is 12.5. The zero-order chi connectivity index (χ0) is 11.8. The number of hydrogen-bond donors (Lipinski definition) is 0. The van der Waals surface area contributed by atoms with Gasteiger partial charge in [0.1, 0.15) is 0 Å². The van der Waals surface area contributed by atoms with Crippen LogP contribution in [0.3, 0.4) is 0 Å². The van der Waals surface area contributed by atoms with Gasteiger partial charge in [-0.05, 0) is 41.9 Å². The van der Waals surface area contributed by atoms with Gasteiger partial charge >= 0.3 is 0 Å². The summed E-state index contributed by atoms with van der Waals surface area (Å²) < 4.78 is 0. The second-order valence-electron chi connectivity index (χ2n) is 6.64. The minimum atomic E-state index is 0.719. The molecule has 0 aromatic rings. The molecule has 0 aromatic heterocycles. The van der Waals surface area contributed by atoms with Crippen LogP contribution in [0.4, 0.5) is 0 Å². The molecule has 0 amide bonds. The van der Waals surface area contributed by atoms with Crippen LogP contribution >= 0.6 is 0 Å². The lowest BCUT2D eigenvalue weighted by Gasteiger charge is -2.36. The van der Waals surface area contributed by atoms with Crippen molar-refractivity contribution in [2.24, 2.45) is 29.1 Å². The Morgan fingerprint density at radius 1 is 1.06 bits per heavy atom. The minimum absolute atomic E-state index is 0.719. The first-order chi connectivity index (χ1) is 7.66. The first-order valence-electron chi connectivity index (χ1n) is 7.66. The van der Waals surface area contributed by atoms with E-state index in [4.69, 9.17) is 0 Å². The monoisotopic (exact) mass is 222 g/mol. The molecule has 0 heterocycles. The summed E-state index contributed by atoms with van der Waals surface area (Å²) >= 11 is 0. The van der Waals surface area contributed by atoms with E-state index in [0.717, 1.165) is 29.1 Å². The van der Waals surface area contributed by atoms with Crippen LogP contribution in [0.25, 0.3) is 0 Å². The van der Waals surface area contributed by atoms with E-state index < -0.39 is 0 Å². The molecule has 0 bridgehead atoms. The lowest BCUT2D eigenvalue weighted by molar-refractivity contribution is 0.134. The predicted molar refractivity (Wildman–Crippen MR) is 71.4 cm³/mol. The van der Waals surface area contributed by atoms with E-state index in [2.05, 4.69) is 27.7 Å². The molecule has 2 rings (SSSR count). The van der Waals surface area contributed by atoms with Crippen LogP contribution < -0.4 is 0 Å². The number of rotatable bonds is 6. The highest BCUT2D eigenvalue weighted by Crippen LogP contribution is 2.69. The molecule has 3 atom stereocenters. The van der Waals surface area contributed by atoms with Crippen molar-refractivity contribution < 1.29 is 0 Å². The van der Waals surface area contributed by atoms with Gasteiger partial charge in [0.15, 0.2) is 0 Å². The molecular formula is C16H30. The van der Waals surface area contributed by atoms with Crippen molar-refractivity contribution in [2.45, 2.75) is 72.6 Å². The molecule has 0 aromatic carbocycles. The Morgan fingerprint density at radius 3 is 1.88 bits per heavy atom. The van der Waals surface area contributed by atoms with Gasteiger partial charge in [-0.2, -0.15) is 0 Å². The molecule has 0 aliphatic heterocycles. The molecule has 0 radical (unpaired) electrons. The topological polar surface area (TPSA) is 0 Å². The molecule has 0 N–H and O–H groups in total. The molecule has 0 nitrogen and oxygen atoms in total. The van der Waals surface area contributed by atoms with E-state index in [1.807, 2.05) is 0 Å². The summed E-state index contributed by atoms with van der Waals surface area (Å²) in [7, 11) is 0. The van der Waals surface area contributed by atoms with Gasteiger partial charge in [0.2, 0.25) is 0 Å². The van der Waals surface area contributed by atoms with Crippen molar-refractivity contribution in [1.82, 2.24) is 0 Å². The highest BCUT2D eigenvalue weighted by molar-refractivity contribution is 5.10. The Balaban J connectivity index is 1.98. The fourth-order valence-corrected chi connectivity index (χ4v) is 4.49. The van der Waals surface area contributed by atoms with Crippen LogP contribution in [0.1, 0.15) is 72.6 Å². The maximum Gasteiger partial charge on any atom is -0.0235 e. The first-order valence-corrected chi connectivity index (χ1v) is 7.66. The van der Waals surface area contributed by atoms with E-state index >= 15 is 0 Å². The predicted octanol–water partition coefficient (Wildman–Crippen LogP) is 5.28. The molecular weight excluding hydrogens is 192 g/mol. The van der Waals surface area contributed by atoms with Crippen LogP contribution in [0.15, 0.2) is 0 Å². The molecule has 0 heteroatoms. The van der Waals surface area contributed by atoms with Crippen molar-refractivity contribution in [3.8, 4) is 0 Å². The van der Waals surface area contributed by atoms with Crippen LogP contribution in [0, 0.1) is 29.1 Å². The third-order valence-corrected chi connectivity index (χ3v) is 6.01.